The minimum Gasteiger partial charge on any atom is -0.370 e. The molecule has 4 nitrogen and oxygen atoms in total. The Hall–Kier alpha value is -1.53. The monoisotopic (exact) mass is 323 g/mol. The van der Waals surface area contributed by atoms with Crippen LogP contribution in [-0.4, -0.2) is 31.6 Å². The molecule has 0 fully saturated rings. The van der Waals surface area contributed by atoms with Gasteiger partial charge in [-0.3, -0.25) is 4.79 Å². The SMILES string of the molecule is NC(=O)CCS(=O)(=O)CCSc1ccc2ccccc2c1. The van der Waals surface area contributed by atoms with E-state index < -0.39 is 15.7 Å². The van der Waals surface area contributed by atoms with Crippen LogP contribution in [0, 0.1) is 0 Å². The lowest BCUT2D eigenvalue weighted by molar-refractivity contribution is -0.117. The van der Waals surface area contributed by atoms with Crippen molar-refractivity contribution >= 4 is 38.3 Å². The third kappa shape index (κ3) is 5.06. The number of nitrogens with two attached hydrogens (primary N) is 1. The van der Waals surface area contributed by atoms with Gasteiger partial charge in [-0.1, -0.05) is 30.3 Å². The van der Waals surface area contributed by atoms with Gasteiger partial charge in [0.25, 0.3) is 0 Å². The second kappa shape index (κ2) is 6.95. The summed E-state index contributed by atoms with van der Waals surface area (Å²) in [6.45, 7) is 0. The highest BCUT2D eigenvalue weighted by atomic mass is 32.2. The fourth-order valence-corrected chi connectivity index (χ4v) is 4.58. The molecule has 2 N–H and O–H groups in total. The number of carbonyl (C=O) groups is 1. The lowest BCUT2D eigenvalue weighted by Crippen LogP contribution is -2.19. The standard InChI is InChI=1S/C15H17NO3S2/c16-15(17)7-9-21(18,19)10-8-20-14-6-5-12-3-1-2-4-13(12)11-14/h1-6,11H,7-10H2,(H2,16,17). The number of hydrogen-bond acceptors (Lipinski definition) is 4. The van der Waals surface area contributed by atoms with Crippen molar-refractivity contribution in [3.8, 4) is 0 Å². The summed E-state index contributed by atoms with van der Waals surface area (Å²) >= 11 is 1.50. The Morgan fingerprint density at radius 1 is 1.05 bits per heavy atom. The van der Waals surface area contributed by atoms with E-state index in [-0.39, 0.29) is 17.9 Å². The first kappa shape index (κ1) is 15.9. The quantitative estimate of drug-likeness (QED) is 0.793. The smallest absolute Gasteiger partial charge is 0.218 e. The van der Waals surface area contributed by atoms with E-state index in [1.54, 1.807) is 0 Å². The van der Waals surface area contributed by atoms with Gasteiger partial charge in [0.15, 0.2) is 9.84 Å². The number of amides is 1. The molecule has 6 heteroatoms. The zero-order valence-electron chi connectivity index (χ0n) is 11.5. The average molecular weight is 323 g/mol. The van der Waals surface area contributed by atoms with Crippen molar-refractivity contribution in [2.75, 3.05) is 17.3 Å². The molecule has 0 heterocycles. The zero-order chi connectivity index (χ0) is 15.3. The highest BCUT2D eigenvalue weighted by Crippen LogP contribution is 2.23. The summed E-state index contributed by atoms with van der Waals surface area (Å²) in [5.74, 6) is -0.224. The van der Waals surface area contributed by atoms with E-state index in [2.05, 4.69) is 6.07 Å². The minimum atomic E-state index is -3.21. The van der Waals surface area contributed by atoms with Gasteiger partial charge in [-0.25, -0.2) is 8.42 Å². The van der Waals surface area contributed by atoms with E-state index in [4.69, 9.17) is 5.73 Å². The second-order valence-corrected chi connectivity index (χ2v) is 8.20. The molecule has 0 spiro atoms. The molecule has 0 bridgehead atoms. The van der Waals surface area contributed by atoms with Gasteiger partial charge >= 0.3 is 0 Å². The Labute approximate surface area is 128 Å². The molecule has 1 amide bonds. The van der Waals surface area contributed by atoms with Gasteiger partial charge in [-0.15, -0.1) is 11.8 Å². The van der Waals surface area contributed by atoms with Gasteiger partial charge in [0.1, 0.15) is 0 Å². The predicted molar refractivity (Wildman–Crippen MR) is 87.1 cm³/mol. The van der Waals surface area contributed by atoms with Crippen molar-refractivity contribution < 1.29 is 13.2 Å². The summed E-state index contributed by atoms with van der Waals surface area (Å²) in [4.78, 5) is 11.7. The van der Waals surface area contributed by atoms with Crippen molar-refractivity contribution in [1.29, 1.82) is 0 Å². The Balaban J connectivity index is 1.91. The first-order valence-electron chi connectivity index (χ1n) is 6.57. The lowest BCUT2D eigenvalue weighted by Gasteiger charge is -2.05. The Morgan fingerprint density at radius 2 is 1.76 bits per heavy atom. The first-order chi connectivity index (χ1) is 9.96. The van der Waals surface area contributed by atoms with E-state index in [1.807, 2.05) is 36.4 Å². The molecule has 0 saturated heterocycles. The number of carbonyl (C=O) groups excluding carboxylic acids is 1. The van der Waals surface area contributed by atoms with Gasteiger partial charge in [0, 0.05) is 17.1 Å². The fourth-order valence-electron chi connectivity index (χ4n) is 1.90. The maximum atomic E-state index is 11.7. The van der Waals surface area contributed by atoms with Gasteiger partial charge in [0.2, 0.25) is 5.91 Å². The molecule has 0 aliphatic rings. The topological polar surface area (TPSA) is 77.2 Å². The van der Waals surface area contributed by atoms with E-state index in [0.717, 1.165) is 15.7 Å². The molecule has 0 unspecified atom stereocenters. The summed E-state index contributed by atoms with van der Waals surface area (Å²) in [7, 11) is -3.21. The van der Waals surface area contributed by atoms with Crippen LogP contribution in [0.25, 0.3) is 10.8 Å². The molecule has 2 rings (SSSR count). The lowest BCUT2D eigenvalue weighted by atomic mass is 10.1. The number of thioether (sulfide) groups is 1. The molecular formula is C15H17NO3S2. The van der Waals surface area contributed by atoms with Crippen molar-refractivity contribution in [3.63, 3.8) is 0 Å². The Kier molecular flexibility index (Phi) is 5.25. The number of sulfone groups is 1. The molecule has 0 atom stereocenters. The zero-order valence-corrected chi connectivity index (χ0v) is 13.1. The van der Waals surface area contributed by atoms with Gasteiger partial charge in [-0.2, -0.15) is 0 Å². The van der Waals surface area contributed by atoms with E-state index >= 15 is 0 Å². The molecule has 0 aliphatic carbocycles. The van der Waals surface area contributed by atoms with Crippen LogP contribution in [-0.2, 0) is 14.6 Å². The molecule has 2 aromatic rings. The number of fused-ring (bicyclic) bond motifs is 1. The van der Waals surface area contributed by atoms with Gasteiger partial charge < -0.3 is 5.73 Å². The Bertz CT molecular complexity index is 741. The largest absolute Gasteiger partial charge is 0.370 e. The van der Waals surface area contributed by atoms with Crippen LogP contribution in [0.15, 0.2) is 47.4 Å². The second-order valence-electron chi connectivity index (χ2n) is 4.73. The van der Waals surface area contributed by atoms with Crippen molar-refractivity contribution in [2.24, 2.45) is 5.73 Å². The number of primary amides is 1. The van der Waals surface area contributed by atoms with Crippen molar-refractivity contribution in [3.05, 3.63) is 42.5 Å². The number of benzene rings is 2. The van der Waals surface area contributed by atoms with Crippen LogP contribution in [0.3, 0.4) is 0 Å². The maximum absolute atomic E-state index is 11.7. The van der Waals surface area contributed by atoms with Crippen LogP contribution in [0.4, 0.5) is 0 Å². The molecular weight excluding hydrogens is 306 g/mol. The number of hydrogen-bond donors (Lipinski definition) is 1. The van der Waals surface area contributed by atoms with E-state index in [0.29, 0.717) is 5.75 Å². The fraction of sp³-hybridized carbons (Fsp3) is 0.267. The normalized spacial score (nSPS) is 11.6. The summed E-state index contributed by atoms with van der Waals surface area (Å²) in [5.41, 5.74) is 4.96. The molecule has 0 radical (unpaired) electrons. The summed E-state index contributed by atoms with van der Waals surface area (Å²) < 4.78 is 23.4. The first-order valence-corrected chi connectivity index (χ1v) is 9.37. The van der Waals surface area contributed by atoms with Crippen molar-refractivity contribution in [1.82, 2.24) is 0 Å². The molecule has 112 valence electrons. The van der Waals surface area contributed by atoms with Gasteiger partial charge in [0.05, 0.1) is 11.5 Å². The molecule has 0 aromatic heterocycles. The predicted octanol–water partition coefficient (Wildman–Crippen LogP) is 2.22. The average Bonchev–Trinajstić information content (AvgIpc) is 2.45. The summed E-state index contributed by atoms with van der Waals surface area (Å²) in [6, 6.07) is 14.1. The Morgan fingerprint density at radius 3 is 2.48 bits per heavy atom. The maximum Gasteiger partial charge on any atom is 0.218 e. The van der Waals surface area contributed by atoms with Crippen LogP contribution in [0.5, 0.6) is 0 Å². The van der Waals surface area contributed by atoms with Gasteiger partial charge in [-0.05, 0) is 22.9 Å². The number of rotatable bonds is 7. The molecule has 2 aromatic carbocycles. The van der Waals surface area contributed by atoms with E-state index in [9.17, 15) is 13.2 Å². The van der Waals surface area contributed by atoms with E-state index in [1.165, 1.54) is 11.8 Å². The van der Waals surface area contributed by atoms with Crippen LogP contribution < -0.4 is 5.73 Å². The molecule has 21 heavy (non-hydrogen) atoms. The third-order valence-electron chi connectivity index (χ3n) is 3.04. The molecule has 0 aliphatic heterocycles. The summed E-state index contributed by atoms with van der Waals surface area (Å²) in [6.07, 6.45) is -0.108. The van der Waals surface area contributed by atoms with Crippen LogP contribution >= 0.6 is 11.8 Å². The molecule has 0 saturated carbocycles. The van der Waals surface area contributed by atoms with Crippen LogP contribution in [0.1, 0.15) is 6.42 Å². The highest BCUT2D eigenvalue weighted by Gasteiger charge is 2.12. The summed E-state index contributed by atoms with van der Waals surface area (Å²) in [5, 5.41) is 2.30. The highest BCUT2D eigenvalue weighted by molar-refractivity contribution is 8.00. The van der Waals surface area contributed by atoms with Crippen molar-refractivity contribution in [2.45, 2.75) is 11.3 Å². The minimum absolute atomic E-state index is 0.0533. The third-order valence-corrected chi connectivity index (χ3v) is 5.95. The van der Waals surface area contributed by atoms with Crippen LogP contribution in [0.2, 0.25) is 0 Å².